The normalized spacial score (nSPS) is 10.9. The van der Waals surface area contributed by atoms with Crippen molar-refractivity contribution < 1.29 is 23.0 Å². The monoisotopic (exact) mass is 365 g/mol. The first-order chi connectivity index (χ1) is 11.0. The number of alkyl halides is 2. The van der Waals surface area contributed by atoms with Gasteiger partial charge in [0.15, 0.2) is 18.1 Å². The molecule has 2 rings (SSSR count). The van der Waals surface area contributed by atoms with E-state index in [2.05, 4.69) is 10.1 Å². The fraction of sp³-hybridized carbons (Fsp3) is 0.308. The number of carbonyl (C=O) groups is 1. The summed E-state index contributed by atoms with van der Waals surface area (Å²) >= 11 is 12.0. The summed E-state index contributed by atoms with van der Waals surface area (Å²) in [4.78, 5) is 16.1. The molecule has 23 heavy (non-hydrogen) atoms. The van der Waals surface area contributed by atoms with E-state index >= 15 is 0 Å². The quantitative estimate of drug-likeness (QED) is 0.734. The van der Waals surface area contributed by atoms with Crippen molar-refractivity contribution in [1.82, 2.24) is 14.8 Å². The molecular weight excluding hydrogens is 355 g/mol. The van der Waals surface area contributed by atoms with Crippen molar-refractivity contribution in [2.45, 2.75) is 13.3 Å². The molecule has 0 radical (unpaired) electrons. The molecule has 0 amide bonds. The van der Waals surface area contributed by atoms with Gasteiger partial charge in [0.05, 0.1) is 11.6 Å². The Morgan fingerprint density at radius 1 is 1.43 bits per heavy atom. The van der Waals surface area contributed by atoms with Crippen LogP contribution in [0.5, 0.6) is 5.88 Å². The van der Waals surface area contributed by atoms with Crippen molar-refractivity contribution in [1.29, 1.82) is 0 Å². The Labute approximate surface area is 139 Å². The predicted molar refractivity (Wildman–Crippen MR) is 78.8 cm³/mol. The Morgan fingerprint density at radius 2 is 2.17 bits per heavy atom. The standard InChI is InChI=1S/C13H11Cl2F2N3O3/c1-2-22-13(21)10-9(15)12(23-6-8(16)17)19-20(10)11-7(14)4-3-5-18-11/h3-5,8H,2,6H2,1H3. The summed E-state index contributed by atoms with van der Waals surface area (Å²) < 4.78 is 35.3. The van der Waals surface area contributed by atoms with Crippen LogP contribution in [0.25, 0.3) is 5.82 Å². The molecule has 0 aliphatic rings. The first-order valence-electron chi connectivity index (χ1n) is 6.43. The highest BCUT2D eigenvalue weighted by molar-refractivity contribution is 6.35. The molecule has 0 unspecified atom stereocenters. The minimum absolute atomic E-state index is 0.0868. The fourth-order valence-electron chi connectivity index (χ4n) is 1.68. The SMILES string of the molecule is CCOC(=O)c1c(Cl)c(OCC(F)F)nn1-c1ncccc1Cl. The van der Waals surface area contributed by atoms with E-state index in [-0.39, 0.29) is 34.0 Å². The smallest absolute Gasteiger partial charge is 0.358 e. The number of ether oxygens (including phenoxy) is 2. The second-order valence-corrected chi connectivity index (χ2v) is 4.90. The number of hydrogen-bond acceptors (Lipinski definition) is 5. The van der Waals surface area contributed by atoms with Gasteiger partial charge >= 0.3 is 5.97 Å². The maximum Gasteiger partial charge on any atom is 0.358 e. The van der Waals surface area contributed by atoms with E-state index in [0.29, 0.717) is 0 Å². The van der Waals surface area contributed by atoms with E-state index in [1.807, 2.05) is 0 Å². The highest BCUT2D eigenvalue weighted by Gasteiger charge is 2.27. The average Bonchev–Trinajstić information content (AvgIpc) is 2.82. The first-order valence-corrected chi connectivity index (χ1v) is 7.18. The fourth-order valence-corrected chi connectivity index (χ4v) is 2.13. The van der Waals surface area contributed by atoms with Gasteiger partial charge in [-0.25, -0.2) is 23.2 Å². The van der Waals surface area contributed by atoms with Gasteiger partial charge < -0.3 is 9.47 Å². The molecule has 0 aliphatic heterocycles. The van der Waals surface area contributed by atoms with Crippen molar-refractivity contribution >= 4 is 29.2 Å². The number of carbonyl (C=O) groups excluding carboxylic acids is 1. The molecule has 0 atom stereocenters. The maximum atomic E-state index is 12.3. The van der Waals surface area contributed by atoms with E-state index < -0.39 is 19.0 Å². The molecule has 0 bridgehead atoms. The van der Waals surface area contributed by atoms with E-state index in [0.717, 1.165) is 4.68 Å². The molecule has 2 aromatic rings. The van der Waals surface area contributed by atoms with Crippen LogP contribution in [0.15, 0.2) is 18.3 Å². The molecule has 2 heterocycles. The molecule has 0 aliphatic carbocycles. The summed E-state index contributed by atoms with van der Waals surface area (Å²) in [6.45, 7) is 0.771. The van der Waals surface area contributed by atoms with E-state index in [1.54, 1.807) is 13.0 Å². The summed E-state index contributed by atoms with van der Waals surface area (Å²) in [7, 11) is 0. The third-order valence-electron chi connectivity index (χ3n) is 2.55. The van der Waals surface area contributed by atoms with Gasteiger partial charge in [0.2, 0.25) is 0 Å². The molecule has 0 aromatic carbocycles. The number of halogens is 4. The Hall–Kier alpha value is -1.93. The topological polar surface area (TPSA) is 66.2 Å². The molecular formula is C13H11Cl2F2N3O3. The van der Waals surface area contributed by atoms with Gasteiger partial charge in [-0.2, -0.15) is 0 Å². The zero-order valence-corrected chi connectivity index (χ0v) is 13.3. The molecule has 10 heteroatoms. The van der Waals surface area contributed by atoms with Crippen molar-refractivity contribution in [2.24, 2.45) is 0 Å². The van der Waals surface area contributed by atoms with Crippen LogP contribution in [0, 0.1) is 0 Å². The summed E-state index contributed by atoms with van der Waals surface area (Å²) in [5, 5.41) is 3.82. The van der Waals surface area contributed by atoms with Crippen LogP contribution in [0.2, 0.25) is 10.0 Å². The van der Waals surface area contributed by atoms with Crippen LogP contribution in [0.4, 0.5) is 8.78 Å². The van der Waals surface area contributed by atoms with Crippen LogP contribution < -0.4 is 4.74 Å². The zero-order chi connectivity index (χ0) is 17.0. The van der Waals surface area contributed by atoms with Gasteiger partial charge in [-0.1, -0.05) is 23.2 Å². The molecule has 0 saturated carbocycles. The third kappa shape index (κ3) is 3.89. The molecule has 0 fully saturated rings. The zero-order valence-electron chi connectivity index (χ0n) is 11.8. The lowest BCUT2D eigenvalue weighted by Gasteiger charge is -2.07. The highest BCUT2D eigenvalue weighted by Crippen LogP contribution is 2.31. The molecule has 6 nitrogen and oxygen atoms in total. The average molecular weight is 366 g/mol. The van der Waals surface area contributed by atoms with Crippen molar-refractivity contribution in [3.05, 3.63) is 34.1 Å². The maximum absolute atomic E-state index is 12.3. The Kier molecular flexibility index (Phi) is 5.73. The summed E-state index contributed by atoms with van der Waals surface area (Å²) in [6.07, 6.45) is -1.30. The second kappa shape index (κ2) is 7.56. The molecule has 0 N–H and O–H groups in total. The van der Waals surface area contributed by atoms with Crippen molar-refractivity contribution in [3.8, 4) is 11.7 Å². The van der Waals surface area contributed by atoms with Gasteiger partial charge in [-0.3, -0.25) is 0 Å². The van der Waals surface area contributed by atoms with E-state index in [1.165, 1.54) is 12.3 Å². The van der Waals surface area contributed by atoms with Crippen LogP contribution >= 0.6 is 23.2 Å². The molecule has 0 spiro atoms. The number of hydrogen-bond donors (Lipinski definition) is 0. The largest absolute Gasteiger partial charge is 0.469 e. The van der Waals surface area contributed by atoms with Gasteiger partial charge in [-0.05, 0) is 19.1 Å². The molecule has 0 saturated heterocycles. The second-order valence-electron chi connectivity index (χ2n) is 4.11. The van der Waals surface area contributed by atoms with Crippen LogP contribution in [-0.4, -0.2) is 40.4 Å². The number of aromatic nitrogens is 3. The van der Waals surface area contributed by atoms with Gasteiger partial charge in [-0.15, -0.1) is 5.10 Å². The lowest BCUT2D eigenvalue weighted by atomic mass is 10.4. The number of esters is 1. The predicted octanol–water partition coefficient (Wildman–Crippen LogP) is 3.39. The van der Waals surface area contributed by atoms with E-state index in [9.17, 15) is 13.6 Å². The van der Waals surface area contributed by atoms with Gasteiger partial charge in [0.1, 0.15) is 5.02 Å². The number of rotatable bonds is 6. The Morgan fingerprint density at radius 3 is 2.78 bits per heavy atom. The van der Waals surface area contributed by atoms with Crippen LogP contribution in [0.3, 0.4) is 0 Å². The summed E-state index contributed by atoms with van der Waals surface area (Å²) in [5.74, 6) is -1.05. The Bertz CT molecular complexity index is 710. The minimum atomic E-state index is -2.72. The third-order valence-corrected chi connectivity index (χ3v) is 3.19. The van der Waals surface area contributed by atoms with Gasteiger partial charge in [0.25, 0.3) is 12.3 Å². The molecule has 124 valence electrons. The number of nitrogens with zero attached hydrogens (tertiary/aromatic N) is 3. The lowest BCUT2D eigenvalue weighted by molar-refractivity contribution is 0.0515. The summed E-state index contributed by atoms with van der Waals surface area (Å²) in [6, 6.07) is 3.10. The van der Waals surface area contributed by atoms with Crippen LogP contribution in [-0.2, 0) is 4.74 Å². The van der Waals surface area contributed by atoms with Crippen LogP contribution in [0.1, 0.15) is 17.4 Å². The highest BCUT2D eigenvalue weighted by atomic mass is 35.5. The van der Waals surface area contributed by atoms with E-state index in [4.69, 9.17) is 32.7 Å². The molecule has 2 aromatic heterocycles. The Balaban J connectivity index is 2.53. The van der Waals surface area contributed by atoms with Crippen molar-refractivity contribution in [3.63, 3.8) is 0 Å². The number of pyridine rings is 1. The summed E-state index contributed by atoms with van der Waals surface area (Å²) in [5.41, 5.74) is -0.210. The van der Waals surface area contributed by atoms with Gasteiger partial charge in [0, 0.05) is 6.20 Å². The van der Waals surface area contributed by atoms with Crippen molar-refractivity contribution in [2.75, 3.05) is 13.2 Å². The minimum Gasteiger partial charge on any atom is -0.469 e. The lowest BCUT2D eigenvalue weighted by Crippen LogP contribution is -2.13. The first kappa shape index (κ1) is 17.4.